The number of anilines is 2. The second-order valence-electron chi connectivity index (χ2n) is 4.66. The first-order valence-electron chi connectivity index (χ1n) is 6.10. The number of hydrogen-bond donors (Lipinski definition) is 2. The largest absolute Gasteiger partial charge is 0.399 e. The predicted octanol–water partition coefficient (Wildman–Crippen LogP) is 0.983. The predicted molar refractivity (Wildman–Crippen MR) is 71.6 cm³/mol. The van der Waals surface area contributed by atoms with Crippen LogP contribution in [0.2, 0.25) is 0 Å². The lowest BCUT2D eigenvalue weighted by molar-refractivity contribution is 0.0999. The zero-order chi connectivity index (χ0) is 13.1. The molecule has 1 aromatic rings. The lowest BCUT2D eigenvalue weighted by atomic mass is 10.1. The molecule has 2 rings (SSSR count). The maximum atomic E-state index is 11.4. The van der Waals surface area contributed by atoms with Gasteiger partial charge in [-0.15, -0.1) is 0 Å². The molecule has 0 saturated carbocycles. The molecular weight excluding hydrogens is 230 g/mol. The van der Waals surface area contributed by atoms with Gasteiger partial charge in [-0.2, -0.15) is 0 Å². The summed E-state index contributed by atoms with van der Waals surface area (Å²) >= 11 is 0. The number of amides is 1. The van der Waals surface area contributed by atoms with Crippen LogP contribution in [-0.4, -0.2) is 32.2 Å². The molecule has 18 heavy (non-hydrogen) atoms. The van der Waals surface area contributed by atoms with Crippen LogP contribution in [0.1, 0.15) is 23.2 Å². The fourth-order valence-electron chi connectivity index (χ4n) is 2.28. The van der Waals surface area contributed by atoms with E-state index in [0.29, 0.717) is 11.3 Å². The van der Waals surface area contributed by atoms with Crippen molar-refractivity contribution in [1.29, 1.82) is 0 Å². The molecule has 5 heteroatoms. The summed E-state index contributed by atoms with van der Waals surface area (Å²) in [5, 5.41) is 0. The second kappa shape index (κ2) is 5.27. The van der Waals surface area contributed by atoms with Crippen LogP contribution in [0.25, 0.3) is 0 Å². The molecule has 1 saturated heterocycles. The first-order valence-corrected chi connectivity index (χ1v) is 6.10. The van der Waals surface area contributed by atoms with Gasteiger partial charge in [0.25, 0.3) is 5.91 Å². The topological polar surface area (TPSA) is 81.6 Å². The van der Waals surface area contributed by atoms with Crippen molar-refractivity contribution in [2.75, 3.05) is 30.8 Å². The molecule has 5 nitrogen and oxygen atoms in total. The summed E-state index contributed by atoms with van der Waals surface area (Å²) in [5.41, 5.74) is 12.8. The van der Waals surface area contributed by atoms with Crippen LogP contribution >= 0.6 is 0 Å². The van der Waals surface area contributed by atoms with Crippen LogP contribution in [0.4, 0.5) is 11.4 Å². The summed E-state index contributed by atoms with van der Waals surface area (Å²) < 4.78 is 5.59. The highest BCUT2D eigenvalue weighted by atomic mass is 16.5. The lowest BCUT2D eigenvalue weighted by Crippen LogP contribution is -2.30. The molecule has 4 N–H and O–H groups in total. The van der Waals surface area contributed by atoms with Crippen LogP contribution in [0.5, 0.6) is 0 Å². The fourth-order valence-corrected chi connectivity index (χ4v) is 2.28. The Kier molecular flexibility index (Phi) is 3.72. The summed E-state index contributed by atoms with van der Waals surface area (Å²) in [4.78, 5) is 13.4. The molecule has 1 aromatic carbocycles. The van der Waals surface area contributed by atoms with Crippen LogP contribution in [-0.2, 0) is 4.74 Å². The molecule has 0 spiro atoms. The van der Waals surface area contributed by atoms with Crippen LogP contribution < -0.4 is 16.4 Å². The van der Waals surface area contributed by atoms with Gasteiger partial charge in [0.1, 0.15) is 0 Å². The molecule has 1 aliphatic heterocycles. The van der Waals surface area contributed by atoms with Crippen molar-refractivity contribution in [2.24, 2.45) is 5.73 Å². The van der Waals surface area contributed by atoms with Crippen LogP contribution in [0.15, 0.2) is 18.2 Å². The number of nitrogen functional groups attached to an aromatic ring is 1. The minimum atomic E-state index is -0.462. The minimum Gasteiger partial charge on any atom is -0.399 e. The number of rotatable bonds is 4. The number of ether oxygens (including phenoxy) is 1. The third-order valence-electron chi connectivity index (χ3n) is 3.20. The quantitative estimate of drug-likeness (QED) is 0.779. The zero-order valence-electron chi connectivity index (χ0n) is 10.6. The highest BCUT2D eigenvalue weighted by molar-refractivity contribution is 5.99. The Labute approximate surface area is 107 Å². The molecule has 1 heterocycles. The smallest absolute Gasteiger partial charge is 0.250 e. The van der Waals surface area contributed by atoms with E-state index in [9.17, 15) is 4.79 Å². The summed E-state index contributed by atoms with van der Waals surface area (Å²) in [7, 11) is 1.93. The average molecular weight is 249 g/mol. The minimum absolute atomic E-state index is 0.230. The highest BCUT2D eigenvalue weighted by Gasteiger charge is 2.20. The van der Waals surface area contributed by atoms with E-state index in [1.165, 1.54) is 0 Å². The van der Waals surface area contributed by atoms with E-state index >= 15 is 0 Å². The highest BCUT2D eigenvalue weighted by Crippen LogP contribution is 2.23. The van der Waals surface area contributed by atoms with Gasteiger partial charge >= 0.3 is 0 Å². The molecule has 98 valence electrons. The van der Waals surface area contributed by atoms with Crippen molar-refractivity contribution in [3.63, 3.8) is 0 Å². The van der Waals surface area contributed by atoms with Gasteiger partial charge in [0.15, 0.2) is 0 Å². The molecule has 1 atom stereocenters. The number of nitrogens with two attached hydrogens (primary N) is 2. The van der Waals surface area contributed by atoms with Crippen LogP contribution in [0, 0.1) is 0 Å². The second-order valence-corrected chi connectivity index (χ2v) is 4.66. The maximum Gasteiger partial charge on any atom is 0.250 e. The van der Waals surface area contributed by atoms with Gasteiger partial charge < -0.3 is 21.1 Å². The third kappa shape index (κ3) is 2.73. The number of likely N-dealkylation sites (N-methyl/N-ethyl adjacent to an activating group) is 1. The maximum absolute atomic E-state index is 11.4. The Bertz CT molecular complexity index is 442. The number of primary amides is 1. The van der Waals surface area contributed by atoms with Crippen molar-refractivity contribution in [1.82, 2.24) is 0 Å². The van der Waals surface area contributed by atoms with Crippen molar-refractivity contribution in [3.8, 4) is 0 Å². The van der Waals surface area contributed by atoms with Crippen molar-refractivity contribution in [2.45, 2.75) is 18.9 Å². The zero-order valence-corrected chi connectivity index (χ0v) is 10.6. The lowest BCUT2D eigenvalue weighted by Gasteiger charge is -2.24. The van der Waals surface area contributed by atoms with E-state index < -0.39 is 5.91 Å². The van der Waals surface area contributed by atoms with Gasteiger partial charge in [0.05, 0.1) is 11.7 Å². The molecule has 1 aliphatic rings. The summed E-state index contributed by atoms with van der Waals surface area (Å²) in [6.45, 7) is 1.58. The van der Waals surface area contributed by atoms with Crippen molar-refractivity contribution in [3.05, 3.63) is 23.8 Å². The van der Waals surface area contributed by atoms with Crippen LogP contribution in [0.3, 0.4) is 0 Å². The fraction of sp³-hybridized carbons (Fsp3) is 0.462. The number of carbonyl (C=O) groups excluding carboxylic acids is 1. The van der Waals surface area contributed by atoms with Gasteiger partial charge in [-0.1, -0.05) is 0 Å². The van der Waals surface area contributed by atoms with E-state index in [2.05, 4.69) is 0 Å². The first kappa shape index (κ1) is 12.7. The Morgan fingerprint density at radius 2 is 2.33 bits per heavy atom. The molecular formula is C13H19N3O2. The molecule has 1 amide bonds. The number of benzene rings is 1. The number of carbonyl (C=O) groups is 1. The first-order chi connectivity index (χ1) is 8.58. The number of hydrogen-bond acceptors (Lipinski definition) is 4. The molecule has 0 bridgehead atoms. The van der Waals surface area contributed by atoms with E-state index in [1.54, 1.807) is 12.1 Å². The monoisotopic (exact) mass is 249 g/mol. The standard InChI is InChI=1S/C13H19N3O2/c1-16(8-10-3-2-6-18-10)12-5-4-9(14)7-11(12)13(15)17/h4-5,7,10H,2-3,6,8,14H2,1H3,(H2,15,17). The van der Waals surface area contributed by atoms with E-state index in [-0.39, 0.29) is 6.10 Å². The summed E-state index contributed by atoms with van der Waals surface area (Å²) in [6.07, 6.45) is 2.39. The van der Waals surface area contributed by atoms with E-state index in [4.69, 9.17) is 16.2 Å². The summed E-state index contributed by atoms with van der Waals surface area (Å²) in [6, 6.07) is 5.21. The summed E-state index contributed by atoms with van der Waals surface area (Å²) in [5.74, 6) is -0.462. The van der Waals surface area contributed by atoms with Gasteiger partial charge in [-0.3, -0.25) is 4.79 Å². The third-order valence-corrected chi connectivity index (χ3v) is 3.20. The van der Waals surface area contributed by atoms with E-state index in [0.717, 1.165) is 31.7 Å². The molecule has 1 fully saturated rings. The molecule has 0 radical (unpaired) electrons. The molecule has 1 unspecified atom stereocenters. The van der Waals surface area contributed by atoms with Gasteiger partial charge in [-0.05, 0) is 31.0 Å². The SMILES string of the molecule is CN(CC1CCCO1)c1ccc(N)cc1C(N)=O. The number of nitrogens with zero attached hydrogens (tertiary/aromatic N) is 1. The Morgan fingerprint density at radius 1 is 1.56 bits per heavy atom. The van der Waals surface area contributed by atoms with E-state index in [1.807, 2.05) is 18.0 Å². The Balaban J connectivity index is 2.17. The Morgan fingerprint density at radius 3 is 2.94 bits per heavy atom. The van der Waals surface area contributed by atoms with Gasteiger partial charge in [-0.25, -0.2) is 0 Å². The molecule has 0 aliphatic carbocycles. The van der Waals surface area contributed by atoms with Gasteiger partial charge in [0.2, 0.25) is 0 Å². The van der Waals surface area contributed by atoms with Crippen molar-refractivity contribution >= 4 is 17.3 Å². The normalized spacial score (nSPS) is 18.8. The average Bonchev–Trinajstić information content (AvgIpc) is 2.81. The molecule has 0 aromatic heterocycles. The Hall–Kier alpha value is -1.75. The van der Waals surface area contributed by atoms with Crippen molar-refractivity contribution < 1.29 is 9.53 Å². The van der Waals surface area contributed by atoms with Gasteiger partial charge in [0, 0.05) is 31.6 Å².